The lowest BCUT2D eigenvalue weighted by atomic mass is 10.3. The van der Waals surface area contributed by atoms with Crippen molar-refractivity contribution in [1.29, 1.82) is 0 Å². The summed E-state index contributed by atoms with van der Waals surface area (Å²) in [4.78, 5) is 16.4. The number of nitrogens with zero attached hydrogens (tertiary/aromatic N) is 1. The minimum Gasteiger partial charge on any atom is -0.396 e. The number of thiophene rings is 1. The summed E-state index contributed by atoms with van der Waals surface area (Å²) in [6.07, 6.45) is 2.19. The summed E-state index contributed by atoms with van der Waals surface area (Å²) in [6, 6.07) is 3.69. The molecule has 2 rings (SSSR count). The molecule has 0 bridgehead atoms. The maximum atomic E-state index is 11.8. The van der Waals surface area contributed by atoms with Crippen molar-refractivity contribution in [1.82, 2.24) is 10.3 Å². The zero-order valence-electron chi connectivity index (χ0n) is 9.14. The monoisotopic (exact) mass is 251 g/mol. The van der Waals surface area contributed by atoms with Gasteiger partial charge in [-0.05, 0) is 18.6 Å². The van der Waals surface area contributed by atoms with Gasteiger partial charge in [0.1, 0.15) is 10.4 Å². The highest BCUT2D eigenvalue weighted by molar-refractivity contribution is 7.21. The van der Waals surface area contributed by atoms with E-state index >= 15 is 0 Å². The van der Waals surface area contributed by atoms with Crippen LogP contribution in [0.15, 0.2) is 18.3 Å². The van der Waals surface area contributed by atoms with Gasteiger partial charge in [0.2, 0.25) is 0 Å². The molecule has 0 radical (unpaired) electrons. The van der Waals surface area contributed by atoms with Gasteiger partial charge in [-0.1, -0.05) is 0 Å². The summed E-state index contributed by atoms with van der Waals surface area (Å²) in [7, 11) is 0. The number of hydrogen-bond donors (Lipinski definition) is 3. The number of carbonyl (C=O) groups is 1. The molecule has 90 valence electrons. The van der Waals surface area contributed by atoms with Crippen LogP contribution in [0.4, 0.5) is 5.69 Å². The van der Waals surface area contributed by atoms with Crippen molar-refractivity contribution in [3.8, 4) is 0 Å². The maximum absolute atomic E-state index is 11.8. The summed E-state index contributed by atoms with van der Waals surface area (Å²) in [5, 5.41) is 11.3. The summed E-state index contributed by atoms with van der Waals surface area (Å²) in [6.45, 7) is 0.500. The molecular formula is C11H13N3O2S. The molecule has 17 heavy (non-hydrogen) atoms. The van der Waals surface area contributed by atoms with Crippen LogP contribution in [0.25, 0.3) is 10.2 Å². The zero-order chi connectivity index (χ0) is 12.3. The molecule has 1 amide bonds. The number of nitrogens with one attached hydrogen (secondary N) is 1. The third-order valence-corrected chi connectivity index (χ3v) is 3.47. The SMILES string of the molecule is Nc1c(C(=O)NCCCO)sc2cccnc12. The molecule has 0 atom stereocenters. The number of nitrogens with two attached hydrogens (primary N) is 1. The minimum absolute atomic E-state index is 0.0593. The molecule has 6 heteroatoms. The second kappa shape index (κ2) is 5.11. The average Bonchev–Trinajstić information content (AvgIpc) is 2.68. The summed E-state index contributed by atoms with van der Waals surface area (Å²) >= 11 is 1.33. The highest BCUT2D eigenvalue weighted by Gasteiger charge is 2.16. The van der Waals surface area contributed by atoms with Crippen molar-refractivity contribution in [3.05, 3.63) is 23.2 Å². The number of anilines is 1. The molecule has 0 fully saturated rings. The van der Waals surface area contributed by atoms with Crippen LogP contribution in [0.3, 0.4) is 0 Å². The number of carbonyl (C=O) groups excluding carboxylic acids is 1. The first-order valence-electron chi connectivity index (χ1n) is 5.26. The van der Waals surface area contributed by atoms with Gasteiger partial charge in [0.25, 0.3) is 5.91 Å². The van der Waals surface area contributed by atoms with E-state index < -0.39 is 0 Å². The third-order valence-electron chi connectivity index (χ3n) is 2.31. The van der Waals surface area contributed by atoms with Crippen LogP contribution in [0.2, 0.25) is 0 Å². The molecule has 0 spiro atoms. The van der Waals surface area contributed by atoms with Gasteiger partial charge in [-0.3, -0.25) is 9.78 Å². The smallest absolute Gasteiger partial charge is 0.263 e. The molecule has 0 unspecified atom stereocenters. The van der Waals surface area contributed by atoms with Gasteiger partial charge in [0.15, 0.2) is 0 Å². The van der Waals surface area contributed by atoms with Crippen LogP contribution in [-0.4, -0.2) is 29.1 Å². The Morgan fingerprint density at radius 3 is 3.12 bits per heavy atom. The Morgan fingerprint density at radius 1 is 1.59 bits per heavy atom. The Bertz CT molecular complexity index is 538. The molecular weight excluding hydrogens is 238 g/mol. The van der Waals surface area contributed by atoms with E-state index in [-0.39, 0.29) is 12.5 Å². The lowest BCUT2D eigenvalue weighted by Crippen LogP contribution is -2.24. The van der Waals surface area contributed by atoms with Crippen molar-refractivity contribution >= 4 is 33.1 Å². The highest BCUT2D eigenvalue weighted by Crippen LogP contribution is 2.31. The molecule has 0 aliphatic heterocycles. The standard InChI is InChI=1S/C11H13N3O2S/c12-8-9-7(3-1-4-13-9)17-10(8)11(16)14-5-2-6-15/h1,3-4,15H,2,5-6,12H2,(H,14,16). The number of rotatable bonds is 4. The Kier molecular flexibility index (Phi) is 3.55. The van der Waals surface area contributed by atoms with E-state index in [1.807, 2.05) is 12.1 Å². The number of aliphatic hydroxyl groups is 1. The average molecular weight is 251 g/mol. The second-order valence-corrected chi connectivity index (χ2v) is 4.58. The van der Waals surface area contributed by atoms with Gasteiger partial charge >= 0.3 is 0 Å². The fraction of sp³-hybridized carbons (Fsp3) is 0.273. The largest absolute Gasteiger partial charge is 0.396 e. The second-order valence-electron chi connectivity index (χ2n) is 3.53. The fourth-order valence-corrected chi connectivity index (χ4v) is 2.47. The number of pyridine rings is 1. The van der Waals surface area contributed by atoms with Crippen molar-refractivity contribution in [2.75, 3.05) is 18.9 Å². The van der Waals surface area contributed by atoms with Crippen LogP contribution >= 0.6 is 11.3 Å². The van der Waals surface area contributed by atoms with E-state index in [0.717, 1.165) is 4.70 Å². The number of amides is 1. The first kappa shape index (κ1) is 11.8. The van der Waals surface area contributed by atoms with Crippen molar-refractivity contribution in [2.45, 2.75) is 6.42 Å². The molecule has 0 saturated carbocycles. The van der Waals surface area contributed by atoms with Crippen molar-refractivity contribution < 1.29 is 9.90 Å². The molecule has 2 heterocycles. The van der Waals surface area contributed by atoms with Crippen molar-refractivity contribution in [2.24, 2.45) is 0 Å². The topological polar surface area (TPSA) is 88.2 Å². The Morgan fingerprint density at radius 2 is 2.41 bits per heavy atom. The van der Waals surface area contributed by atoms with E-state index in [9.17, 15) is 4.79 Å². The van der Waals surface area contributed by atoms with Crippen LogP contribution in [0.1, 0.15) is 16.1 Å². The summed E-state index contributed by atoms with van der Waals surface area (Å²) in [5.74, 6) is -0.209. The van der Waals surface area contributed by atoms with Gasteiger partial charge in [-0.2, -0.15) is 0 Å². The number of aliphatic hydroxyl groups excluding tert-OH is 1. The lowest BCUT2D eigenvalue weighted by molar-refractivity contribution is 0.0956. The van der Waals surface area contributed by atoms with Gasteiger partial charge in [-0.25, -0.2) is 0 Å². The summed E-state index contributed by atoms with van der Waals surface area (Å²) < 4.78 is 0.900. The third kappa shape index (κ3) is 2.37. The molecule has 5 nitrogen and oxygen atoms in total. The minimum atomic E-state index is -0.209. The van der Waals surface area contributed by atoms with Crippen LogP contribution < -0.4 is 11.1 Å². The van der Waals surface area contributed by atoms with Gasteiger partial charge in [0, 0.05) is 19.3 Å². The Labute approximate surface area is 102 Å². The molecule has 0 aliphatic carbocycles. The predicted octanol–water partition coefficient (Wildman–Crippen LogP) is 0.991. The van der Waals surface area contributed by atoms with Crippen molar-refractivity contribution in [3.63, 3.8) is 0 Å². The molecule has 0 aliphatic rings. The first-order valence-corrected chi connectivity index (χ1v) is 6.07. The van der Waals surface area contributed by atoms with Gasteiger partial charge in [-0.15, -0.1) is 11.3 Å². The number of nitrogen functional groups attached to an aromatic ring is 1. The van der Waals surface area contributed by atoms with Crippen LogP contribution in [0.5, 0.6) is 0 Å². The van der Waals surface area contributed by atoms with Gasteiger partial charge in [0.05, 0.1) is 10.4 Å². The fourth-order valence-electron chi connectivity index (χ4n) is 1.48. The quantitative estimate of drug-likeness (QED) is 0.707. The molecule has 0 aromatic carbocycles. The molecule has 2 aromatic rings. The Balaban J connectivity index is 2.23. The van der Waals surface area contributed by atoms with Crippen LogP contribution in [0, 0.1) is 0 Å². The molecule has 2 aromatic heterocycles. The number of aromatic nitrogens is 1. The van der Waals surface area contributed by atoms with E-state index in [0.29, 0.717) is 29.0 Å². The lowest BCUT2D eigenvalue weighted by Gasteiger charge is -2.02. The molecule has 4 N–H and O–H groups in total. The summed E-state index contributed by atoms with van der Waals surface area (Å²) in [5.41, 5.74) is 6.98. The first-order chi connectivity index (χ1) is 8.24. The van der Waals surface area contributed by atoms with E-state index in [2.05, 4.69) is 10.3 Å². The van der Waals surface area contributed by atoms with E-state index in [1.165, 1.54) is 11.3 Å². The predicted molar refractivity (Wildman–Crippen MR) is 68.1 cm³/mol. The maximum Gasteiger partial charge on any atom is 0.263 e. The molecule has 0 saturated heterocycles. The number of fused-ring (bicyclic) bond motifs is 1. The van der Waals surface area contributed by atoms with Gasteiger partial charge < -0.3 is 16.2 Å². The Hall–Kier alpha value is -1.66. The number of hydrogen-bond acceptors (Lipinski definition) is 5. The highest BCUT2D eigenvalue weighted by atomic mass is 32.1. The van der Waals surface area contributed by atoms with E-state index in [1.54, 1.807) is 6.20 Å². The normalized spacial score (nSPS) is 10.6. The zero-order valence-corrected chi connectivity index (χ0v) is 9.96. The van der Waals surface area contributed by atoms with E-state index in [4.69, 9.17) is 10.8 Å². The van der Waals surface area contributed by atoms with Crippen LogP contribution in [-0.2, 0) is 0 Å².